The van der Waals surface area contributed by atoms with Crippen molar-refractivity contribution in [3.8, 4) is 0 Å². The maximum atomic E-state index is 11.5. The van der Waals surface area contributed by atoms with Crippen LogP contribution in [0.3, 0.4) is 0 Å². The van der Waals surface area contributed by atoms with E-state index in [-0.39, 0.29) is 25.5 Å². The standard InChI is InChI=1S/C16H30O7S.C12H26O4S.2H3N/c1-2-3-4-5-6-7-8-9-10-11-12-23-16(19)14(13-15(17)18)24(20,21)22;1-2-3-4-5-6-7-8-9-10-11-12-16-17(13,14)15;;/h14H,2-13H2,1H3,(H,17,18)(H,20,21,22);2-12H2,1H3,(H,13,14,15);2*1H3. The predicted octanol–water partition coefficient (Wildman–Crippen LogP) is 5.98. The summed E-state index contributed by atoms with van der Waals surface area (Å²) < 4.78 is 70.0. The van der Waals surface area contributed by atoms with Gasteiger partial charge >= 0.3 is 5.97 Å². The molecule has 0 aromatic heterocycles. The molecule has 1 unspecified atom stereocenters. The Morgan fingerprint density at radius 2 is 0.953 bits per heavy atom. The van der Waals surface area contributed by atoms with E-state index in [2.05, 4.69) is 18.0 Å². The monoisotopic (exact) mass is 666 g/mol. The number of carbonyl (C=O) groups is 2. The number of aliphatic carboxylic acids is 1. The average molecular weight is 667 g/mol. The Kier molecular flexibility index (Phi) is 36.2. The molecule has 0 rings (SSSR count). The summed E-state index contributed by atoms with van der Waals surface area (Å²) in [7, 11) is -9.30. The lowest BCUT2D eigenvalue weighted by molar-refractivity contribution is -0.305. The molecular weight excluding hydrogens is 604 g/mol. The van der Waals surface area contributed by atoms with E-state index in [1.54, 1.807) is 0 Å². The summed E-state index contributed by atoms with van der Waals surface area (Å²) in [5, 5.41) is 8.31. The summed E-state index contributed by atoms with van der Waals surface area (Å²) in [6.45, 7) is 4.43. The van der Waals surface area contributed by atoms with Crippen LogP contribution >= 0.6 is 0 Å². The molecule has 0 aliphatic rings. The molecule has 9 N–H and O–H groups in total. The molecule has 0 aromatic carbocycles. The molecule has 1 atom stereocenters. The summed E-state index contributed by atoms with van der Waals surface area (Å²) in [6.07, 6.45) is 21.6. The summed E-state index contributed by atoms with van der Waals surface area (Å²) in [4.78, 5) is 22.0. The fourth-order valence-corrected chi connectivity index (χ4v) is 5.05. The molecule has 0 heterocycles. The van der Waals surface area contributed by atoms with E-state index in [9.17, 15) is 36.1 Å². The number of ether oxygens (including phenoxy) is 1. The van der Waals surface area contributed by atoms with E-state index in [1.165, 1.54) is 83.5 Å². The van der Waals surface area contributed by atoms with Crippen molar-refractivity contribution in [2.24, 2.45) is 0 Å². The number of quaternary nitrogens is 2. The van der Waals surface area contributed by atoms with Crippen LogP contribution in [-0.4, -0.2) is 56.3 Å². The Morgan fingerprint density at radius 1 is 0.628 bits per heavy atom. The Balaban J connectivity index is -0.000000356. The van der Waals surface area contributed by atoms with Gasteiger partial charge in [-0.1, -0.05) is 129 Å². The Labute approximate surface area is 261 Å². The minimum absolute atomic E-state index is 0. The van der Waals surface area contributed by atoms with Crippen LogP contribution in [0.2, 0.25) is 0 Å². The fraction of sp³-hybridized carbons (Fsp3) is 0.929. The molecule has 0 bridgehead atoms. The van der Waals surface area contributed by atoms with Crippen molar-refractivity contribution in [1.29, 1.82) is 0 Å². The van der Waals surface area contributed by atoms with Crippen molar-refractivity contribution in [2.75, 3.05) is 13.2 Å². The summed E-state index contributed by atoms with van der Waals surface area (Å²) >= 11 is 0. The second-order valence-electron chi connectivity index (χ2n) is 10.3. The second kappa shape index (κ2) is 32.0. The van der Waals surface area contributed by atoms with Gasteiger partial charge in [0.2, 0.25) is 10.4 Å². The van der Waals surface area contributed by atoms with Gasteiger partial charge in [-0.3, -0.25) is 13.5 Å². The zero-order valence-electron chi connectivity index (χ0n) is 27.2. The van der Waals surface area contributed by atoms with Crippen molar-refractivity contribution in [3.63, 3.8) is 0 Å². The van der Waals surface area contributed by atoms with Gasteiger partial charge in [-0.25, -0.2) is 8.42 Å². The van der Waals surface area contributed by atoms with Gasteiger partial charge in [0.15, 0.2) is 5.25 Å². The topological polar surface area (TPSA) is 260 Å². The maximum Gasteiger partial charge on any atom is 0.327 e. The predicted molar refractivity (Wildman–Crippen MR) is 167 cm³/mol. The minimum Gasteiger partial charge on any atom is -0.726 e. The van der Waals surface area contributed by atoms with Crippen LogP contribution in [0.25, 0.3) is 0 Å². The van der Waals surface area contributed by atoms with Gasteiger partial charge in [0.05, 0.1) is 13.2 Å². The van der Waals surface area contributed by atoms with Gasteiger partial charge in [0.1, 0.15) is 0 Å². The smallest absolute Gasteiger partial charge is 0.327 e. The number of rotatable bonds is 27. The largest absolute Gasteiger partial charge is 0.726 e. The zero-order chi connectivity index (χ0) is 31.4. The van der Waals surface area contributed by atoms with Crippen molar-refractivity contribution in [3.05, 3.63) is 0 Å². The van der Waals surface area contributed by atoms with Crippen molar-refractivity contribution in [1.82, 2.24) is 12.3 Å². The first-order chi connectivity index (χ1) is 19.3. The molecule has 262 valence electrons. The molecule has 43 heavy (non-hydrogen) atoms. The molecule has 0 amide bonds. The van der Waals surface area contributed by atoms with Gasteiger partial charge in [-0.05, 0) is 12.8 Å². The highest BCUT2D eigenvalue weighted by atomic mass is 32.3. The third-order valence-electron chi connectivity index (χ3n) is 6.44. The van der Waals surface area contributed by atoms with E-state index in [0.717, 1.165) is 32.1 Å². The van der Waals surface area contributed by atoms with Gasteiger partial charge < -0.3 is 31.5 Å². The maximum absolute atomic E-state index is 11.5. The third-order valence-corrected chi connectivity index (χ3v) is 7.98. The highest BCUT2D eigenvalue weighted by Gasteiger charge is 2.32. The molecule has 0 saturated carbocycles. The Hall–Kier alpha value is -1.36. The van der Waals surface area contributed by atoms with Gasteiger partial charge in [-0.2, -0.15) is 8.42 Å². The Morgan fingerprint density at radius 3 is 1.26 bits per heavy atom. The molecule has 0 aliphatic carbocycles. The van der Waals surface area contributed by atoms with Crippen LogP contribution in [-0.2, 0) is 39.0 Å². The van der Waals surface area contributed by atoms with Crippen molar-refractivity contribution >= 4 is 32.5 Å². The van der Waals surface area contributed by atoms with Crippen LogP contribution in [0, 0.1) is 0 Å². The second-order valence-corrected chi connectivity index (χ2v) is 13.0. The third kappa shape index (κ3) is 38.6. The first-order valence-electron chi connectivity index (χ1n) is 15.3. The van der Waals surface area contributed by atoms with E-state index < -0.39 is 44.1 Å². The number of unbranched alkanes of at least 4 members (excludes halogenated alkanes) is 18. The molecular formula is C28H62N2O11S2. The highest BCUT2D eigenvalue weighted by Crippen LogP contribution is 2.12. The van der Waals surface area contributed by atoms with Gasteiger partial charge in [-0.15, -0.1) is 0 Å². The quantitative estimate of drug-likeness (QED) is 0.0397. The molecule has 0 spiro atoms. The van der Waals surface area contributed by atoms with Crippen LogP contribution in [0.1, 0.15) is 149 Å². The Bertz CT molecular complexity index is 855. The van der Waals surface area contributed by atoms with Crippen molar-refractivity contribution < 1.29 is 49.6 Å². The van der Waals surface area contributed by atoms with E-state index in [1.807, 2.05) is 0 Å². The van der Waals surface area contributed by atoms with E-state index >= 15 is 0 Å². The zero-order valence-corrected chi connectivity index (χ0v) is 28.8. The van der Waals surface area contributed by atoms with Crippen molar-refractivity contribution in [2.45, 2.75) is 154 Å². The normalized spacial score (nSPS) is 11.8. The van der Waals surface area contributed by atoms with Crippen LogP contribution in [0.5, 0.6) is 0 Å². The van der Waals surface area contributed by atoms with Crippen LogP contribution in [0.15, 0.2) is 0 Å². The molecule has 0 aliphatic heterocycles. The summed E-state index contributed by atoms with van der Waals surface area (Å²) in [6, 6.07) is 0. The number of esters is 1. The molecule has 0 saturated heterocycles. The average Bonchev–Trinajstić information content (AvgIpc) is 2.88. The number of hydrogen-bond donors (Lipinski definition) is 3. The first kappa shape index (κ1) is 48.5. The number of carbonyl (C=O) groups excluding carboxylic acids is 2. The lowest BCUT2D eigenvalue weighted by Crippen LogP contribution is -2.38. The molecule has 15 heteroatoms. The lowest BCUT2D eigenvalue weighted by atomic mass is 10.1. The number of carboxylic acid groups (broad SMARTS) is 1. The van der Waals surface area contributed by atoms with Crippen LogP contribution < -0.4 is 17.4 Å². The number of carboxylic acids is 1. The van der Waals surface area contributed by atoms with E-state index in [0.29, 0.717) is 12.8 Å². The summed E-state index contributed by atoms with van der Waals surface area (Å²) in [5.74, 6) is -2.99. The molecule has 0 aromatic rings. The minimum atomic E-state index is -4.82. The van der Waals surface area contributed by atoms with Gasteiger partial charge in [0.25, 0.3) is 10.1 Å². The van der Waals surface area contributed by atoms with Gasteiger partial charge in [0, 0.05) is 12.4 Å². The lowest BCUT2D eigenvalue weighted by Gasteiger charge is -2.13. The SMILES string of the molecule is CCCCCCCCCCCCOC(=O)C(CC(=O)[O-])S(=O)(=O)O.CCCCCCCCCCCCOS(=O)(=O)[O-].[NH4+].[NH4+]. The first-order valence-corrected chi connectivity index (χ1v) is 18.1. The highest BCUT2D eigenvalue weighted by molar-refractivity contribution is 7.87. The fourth-order valence-electron chi connectivity index (χ4n) is 4.07. The molecule has 0 fully saturated rings. The molecule has 13 nitrogen and oxygen atoms in total. The number of hydrogen-bond acceptors (Lipinski definition) is 10. The molecule has 0 radical (unpaired) electrons. The summed E-state index contributed by atoms with van der Waals surface area (Å²) in [5.41, 5.74) is 0. The van der Waals surface area contributed by atoms with Crippen LogP contribution in [0.4, 0.5) is 0 Å². The van der Waals surface area contributed by atoms with E-state index in [4.69, 9.17) is 9.29 Å².